The fourth-order valence-corrected chi connectivity index (χ4v) is 2.39. The third-order valence-corrected chi connectivity index (χ3v) is 3.82. The van der Waals surface area contributed by atoms with Gasteiger partial charge in [0.1, 0.15) is 5.75 Å². The van der Waals surface area contributed by atoms with Crippen molar-refractivity contribution >= 4 is 17.5 Å². The lowest BCUT2D eigenvalue weighted by Crippen LogP contribution is -2.25. The summed E-state index contributed by atoms with van der Waals surface area (Å²) < 4.78 is 5.71. The number of anilines is 1. The Morgan fingerprint density at radius 3 is 2.16 bits per heavy atom. The maximum atomic E-state index is 12.5. The van der Waals surface area contributed by atoms with Crippen LogP contribution in [-0.2, 0) is 0 Å². The molecule has 130 valence electrons. The van der Waals surface area contributed by atoms with Gasteiger partial charge in [-0.25, -0.2) is 0 Å². The molecule has 2 amide bonds. The van der Waals surface area contributed by atoms with Gasteiger partial charge in [-0.3, -0.25) is 9.59 Å². The fraction of sp³-hybridized carbons (Fsp3) is 0.300. The molecular formula is C20H22N2O3. The molecule has 2 aromatic carbocycles. The highest BCUT2D eigenvalue weighted by atomic mass is 16.5. The molecule has 5 heteroatoms. The van der Waals surface area contributed by atoms with E-state index in [1.807, 2.05) is 32.0 Å². The maximum absolute atomic E-state index is 12.5. The molecule has 0 bridgehead atoms. The second kappa shape index (κ2) is 7.38. The zero-order chi connectivity index (χ0) is 17.8. The SMILES string of the molecule is CC(C)Oc1ccccc1NC(=O)c1ccc(C(=O)NC2CC2)cc1. The van der Waals surface area contributed by atoms with Gasteiger partial charge in [0, 0.05) is 17.2 Å². The van der Waals surface area contributed by atoms with Gasteiger partial charge in [0.25, 0.3) is 11.8 Å². The van der Waals surface area contributed by atoms with Gasteiger partial charge in [0.2, 0.25) is 0 Å². The summed E-state index contributed by atoms with van der Waals surface area (Å²) >= 11 is 0. The molecule has 0 radical (unpaired) electrons. The number of hydrogen-bond acceptors (Lipinski definition) is 3. The molecule has 0 atom stereocenters. The summed E-state index contributed by atoms with van der Waals surface area (Å²) in [4.78, 5) is 24.4. The van der Waals surface area contributed by atoms with Crippen LogP contribution in [0.3, 0.4) is 0 Å². The predicted molar refractivity (Wildman–Crippen MR) is 97.1 cm³/mol. The van der Waals surface area contributed by atoms with Crippen LogP contribution >= 0.6 is 0 Å². The molecule has 0 heterocycles. The molecule has 0 spiro atoms. The zero-order valence-corrected chi connectivity index (χ0v) is 14.4. The number of amides is 2. The van der Waals surface area contributed by atoms with E-state index in [9.17, 15) is 9.59 Å². The molecule has 1 aliphatic carbocycles. The van der Waals surface area contributed by atoms with Crippen LogP contribution in [0.5, 0.6) is 5.75 Å². The number of carbonyl (C=O) groups is 2. The molecule has 2 N–H and O–H groups in total. The Morgan fingerprint density at radius 2 is 1.56 bits per heavy atom. The molecule has 0 unspecified atom stereocenters. The normalized spacial score (nSPS) is 13.4. The molecule has 1 aliphatic rings. The van der Waals surface area contributed by atoms with Gasteiger partial charge < -0.3 is 15.4 Å². The summed E-state index contributed by atoms with van der Waals surface area (Å²) in [6.45, 7) is 3.87. The van der Waals surface area contributed by atoms with Gasteiger partial charge in [-0.05, 0) is 63.1 Å². The van der Waals surface area contributed by atoms with Crippen LogP contribution < -0.4 is 15.4 Å². The van der Waals surface area contributed by atoms with Crippen molar-refractivity contribution in [2.24, 2.45) is 0 Å². The Balaban J connectivity index is 1.68. The van der Waals surface area contributed by atoms with Gasteiger partial charge in [-0.15, -0.1) is 0 Å². The number of nitrogens with one attached hydrogen (secondary N) is 2. The second-order valence-electron chi connectivity index (χ2n) is 6.44. The molecule has 0 aromatic heterocycles. The number of rotatable bonds is 6. The Hall–Kier alpha value is -2.82. The van der Waals surface area contributed by atoms with Crippen LogP contribution in [0.4, 0.5) is 5.69 Å². The maximum Gasteiger partial charge on any atom is 0.255 e. The molecule has 25 heavy (non-hydrogen) atoms. The minimum atomic E-state index is -0.242. The zero-order valence-electron chi connectivity index (χ0n) is 14.4. The highest BCUT2D eigenvalue weighted by Crippen LogP contribution is 2.25. The molecule has 1 fully saturated rings. The Morgan fingerprint density at radius 1 is 0.960 bits per heavy atom. The summed E-state index contributed by atoms with van der Waals surface area (Å²) in [5.74, 6) is 0.297. The quantitative estimate of drug-likeness (QED) is 0.845. The summed E-state index contributed by atoms with van der Waals surface area (Å²) in [5.41, 5.74) is 1.67. The second-order valence-corrected chi connectivity index (χ2v) is 6.44. The molecule has 0 aliphatic heterocycles. The first-order chi connectivity index (χ1) is 12.0. The van der Waals surface area contributed by atoms with Crippen molar-refractivity contribution in [2.75, 3.05) is 5.32 Å². The van der Waals surface area contributed by atoms with Gasteiger partial charge in [0.05, 0.1) is 11.8 Å². The van der Waals surface area contributed by atoms with E-state index in [-0.39, 0.29) is 17.9 Å². The highest BCUT2D eigenvalue weighted by Gasteiger charge is 2.23. The average Bonchev–Trinajstić information content (AvgIpc) is 3.40. The lowest BCUT2D eigenvalue weighted by molar-refractivity contribution is 0.0949. The number of carbonyl (C=O) groups excluding carboxylic acids is 2. The van der Waals surface area contributed by atoms with Crippen LogP contribution in [0, 0.1) is 0 Å². The Labute approximate surface area is 147 Å². The Kier molecular flexibility index (Phi) is 5.03. The van der Waals surface area contributed by atoms with E-state index in [1.165, 1.54) is 0 Å². The van der Waals surface area contributed by atoms with E-state index in [1.54, 1.807) is 30.3 Å². The highest BCUT2D eigenvalue weighted by molar-refractivity contribution is 6.05. The third kappa shape index (κ3) is 4.59. The van der Waals surface area contributed by atoms with Crippen molar-refractivity contribution in [2.45, 2.75) is 38.8 Å². The molecule has 0 saturated heterocycles. The topological polar surface area (TPSA) is 67.4 Å². The molecular weight excluding hydrogens is 316 g/mol. The van der Waals surface area contributed by atoms with E-state index in [4.69, 9.17) is 4.74 Å². The van der Waals surface area contributed by atoms with Crippen molar-refractivity contribution in [3.05, 3.63) is 59.7 Å². The first kappa shape index (κ1) is 17.0. The van der Waals surface area contributed by atoms with Gasteiger partial charge in [-0.1, -0.05) is 12.1 Å². The van der Waals surface area contributed by atoms with E-state index >= 15 is 0 Å². The van der Waals surface area contributed by atoms with Gasteiger partial charge in [0.15, 0.2) is 0 Å². The number of hydrogen-bond donors (Lipinski definition) is 2. The van der Waals surface area contributed by atoms with Crippen molar-refractivity contribution in [1.29, 1.82) is 0 Å². The number of para-hydroxylation sites is 2. The fourth-order valence-electron chi connectivity index (χ4n) is 2.39. The van der Waals surface area contributed by atoms with Crippen LogP contribution in [-0.4, -0.2) is 24.0 Å². The van der Waals surface area contributed by atoms with Crippen LogP contribution in [0.25, 0.3) is 0 Å². The third-order valence-electron chi connectivity index (χ3n) is 3.82. The largest absolute Gasteiger partial charge is 0.489 e. The summed E-state index contributed by atoms with van der Waals surface area (Å²) in [6.07, 6.45) is 2.11. The standard InChI is InChI=1S/C20H22N2O3/c1-13(2)25-18-6-4-3-5-17(18)22-20(24)15-9-7-14(8-10-15)19(23)21-16-11-12-16/h3-10,13,16H,11-12H2,1-2H3,(H,21,23)(H,22,24). The van der Waals surface area contributed by atoms with Crippen molar-refractivity contribution in [3.63, 3.8) is 0 Å². The minimum Gasteiger partial charge on any atom is -0.489 e. The molecule has 5 nitrogen and oxygen atoms in total. The molecule has 3 rings (SSSR count). The molecule has 1 saturated carbocycles. The van der Waals surface area contributed by atoms with Gasteiger partial charge in [-0.2, -0.15) is 0 Å². The van der Waals surface area contributed by atoms with E-state index in [0.29, 0.717) is 28.6 Å². The van der Waals surface area contributed by atoms with Crippen LogP contribution in [0.15, 0.2) is 48.5 Å². The lowest BCUT2D eigenvalue weighted by Gasteiger charge is -2.14. The summed E-state index contributed by atoms with van der Waals surface area (Å²) in [5, 5.41) is 5.79. The first-order valence-electron chi connectivity index (χ1n) is 8.51. The van der Waals surface area contributed by atoms with Crippen molar-refractivity contribution in [1.82, 2.24) is 5.32 Å². The molecule has 2 aromatic rings. The predicted octanol–water partition coefficient (Wildman–Crippen LogP) is 3.62. The first-order valence-corrected chi connectivity index (χ1v) is 8.51. The van der Waals surface area contributed by atoms with Crippen molar-refractivity contribution < 1.29 is 14.3 Å². The minimum absolute atomic E-state index is 0.0160. The van der Waals surface area contributed by atoms with Crippen LogP contribution in [0.2, 0.25) is 0 Å². The van der Waals surface area contributed by atoms with Crippen LogP contribution in [0.1, 0.15) is 47.4 Å². The number of ether oxygens (including phenoxy) is 1. The smallest absolute Gasteiger partial charge is 0.255 e. The van der Waals surface area contributed by atoms with E-state index < -0.39 is 0 Å². The van der Waals surface area contributed by atoms with E-state index in [0.717, 1.165) is 12.8 Å². The average molecular weight is 338 g/mol. The lowest BCUT2D eigenvalue weighted by atomic mass is 10.1. The monoisotopic (exact) mass is 338 g/mol. The van der Waals surface area contributed by atoms with E-state index in [2.05, 4.69) is 10.6 Å². The summed E-state index contributed by atoms with van der Waals surface area (Å²) in [6, 6.07) is 14.3. The Bertz CT molecular complexity index is 765. The number of benzene rings is 2. The summed E-state index contributed by atoms with van der Waals surface area (Å²) in [7, 11) is 0. The van der Waals surface area contributed by atoms with Crippen molar-refractivity contribution in [3.8, 4) is 5.75 Å². The van der Waals surface area contributed by atoms with Gasteiger partial charge >= 0.3 is 0 Å².